The summed E-state index contributed by atoms with van der Waals surface area (Å²) in [5, 5.41) is 0. The van der Waals surface area contributed by atoms with Crippen LogP contribution in [0.2, 0.25) is 0 Å². The van der Waals surface area contributed by atoms with Gasteiger partial charge in [0, 0.05) is 12.8 Å². The molecule has 0 aliphatic carbocycles. The van der Waals surface area contributed by atoms with Crippen LogP contribution in [0.25, 0.3) is 0 Å². The van der Waals surface area contributed by atoms with Crippen LogP contribution in [-0.2, 0) is 32.7 Å². The number of carbonyl (C=O) groups is 2. The molecule has 0 N–H and O–H groups in total. The van der Waals surface area contributed by atoms with Gasteiger partial charge in [-0.05, 0) is 89.9 Å². The Balaban J connectivity index is 4.61. The van der Waals surface area contributed by atoms with Gasteiger partial charge in [0.1, 0.15) is 19.8 Å². The Morgan fingerprint density at radius 3 is 1.28 bits per heavy atom. The fourth-order valence-electron chi connectivity index (χ4n) is 4.72. The van der Waals surface area contributed by atoms with Gasteiger partial charge < -0.3 is 27.9 Å². The van der Waals surface area contributed by atoms with Crippen LogP contribution >= 0.6 is 7.82 Å². The van der Waals surface area contributed by atoms with E-state index in [1.807, 2.05) is 33.3 Å². The zero-order valence-electron chi connectivity index (χ0n) is 36.4. The minimum Gasteiger partial charge on any atom is -0.756 e. The molecular weight excluding hydrogens is 750 g/mol. The number of phosphoric acid groups is 1. The van der Waals surface area contributed by atoms with Crippen molar-refractivity contribution >= 4 is 19.8 Å². The molecule has 2 atom stereocenters. The van der Waals surface area contributed by atoms with Crippen molar-refractivity contribution in [2.45, 2.75) is 123 Å². The average molecular weight is 826 g/mol. The van der Waals surface area contributed by atoms with Gasteiger partial charge >= 0.3 is 11.9 Å². The molecule has 326 valence electrons. The molecule has 0 spiro atoms. The van der Waals surface area contributed by atoms with Crippen molar-refractivity contribution in [2.75, 3.05) is 47.5 Å². The summed E-state index contributed by atoms with van der Waals surface area (Å²) >= 11 is 0. The number of allylic oxidation sites excluding steroid dienone is 20. The largest absolute Gasteiger partial charge is 0.756 e. The number of ether oxygens (including phenoxy) is 2. The van der Waals surface area contributed by atoms with Crippen LogP contribution in [0.4, 0.5) is 0 Å². The van der Waals surface area contributed by atoms with Crippen molar-refractivity contribution in [1.82, 2.24) is 0 Å². The average Bonchev–Trinajstić information content (AvgIpc) is 3.17. The highest BCUT2D eigenvalue weighted by Gasteiger charge is 2.21. The van der Waals surface area contributed by atoms with Crippen LogP contribution in [0.3, 0.4) is 0 Å². The predicted molar refractivity (Wildman–Crippen MR) is 240 cm³/mol. The number of nitrogens with zero attached hydrogens (tertiary/aromatic N) is 1. The first-order valence-electron chi connectivity index (χ1n) is 21.2. The van der Waals surface area contributed by atoms with Gasteiger partial charge in [0.2, 0.25) is 0 Å². The van der Waals surface area contributed by atoms with Gasteiger partial charge in [-0.25, -0.2) is 0 Å². The molecule has 2 unspecified atom stereocenters. The zero-order chi connectivity index (χ0) is 42.8. The van der Waals surface area contributed by atoms with Gasteiger partial charge in [-0.2, -0.15) is 0 Å². The van der Waals surface area contributed by atoms with E-state index < -0.39 is 32.5 Å². The lowest BCUT2D eigenvalue weighted by Gasteiger charge is -2.28. The third-order valence-electron chi connectivity index (χ3n) is 7.98. The Bertz CT molecular complexity index is 1390. The van der Waals surface area contributed by atoms with E-state index in [1.165, 1.54) is 0 Å². The molecule has 0 aliphatic rings. The lowest BCUT2D eigenvalue weighted by Crippen LogP contribution is -2.37. The molecule has 0 rings (SSSR count). The lowest BCUT2D eigenvalue weighted by atomic mass is 10.2. The summed E-state index contributed by atoms with van der Waals surface area (Å²) in [4.78, 5) is 37.5. The molecule has 9 nitrogen and oxygen atoms in total. The molecule has 0 aliphatic heterocycles. The second kappa shape index (κ2) is 38.9. The fraction of sp³-hybridized carbons (Fsp3) is 0.542. The first-order valence-corrected chi connectivity index (χ1v) is 22.7. The van der Waals surface area contributed by atoms with E-state index in [0.29, 0.717) is 36.7 Å². The number of hydrogen-bond acceptors (Lipinski definition) is 8. The molecule has 10 heteroatoms. The van der Waals surface area contributed by atoms with Gasteiger partial charge in [0.05, 0.1) is 27.7 Å². The van der Waals surface area contributed by atoms with Crippen LogP contribution in [-0.4, -0.2) is 70.0 Å². The number of quaternary nitrogens is 1. The molecule has 0 heterocycles. The molecule has 0 radical (unpaired) electrons. The number of hydrogen-bond donors (Lipinski definition) is 0. The summed E-state index contributed by atoms with van der Waals surface area (Å²) in [5.41, 5.74) is 0. The highest BCUT2D eigenvalue weighted by atomic mass is 31.2. The van der Waals surface area contributed by atoms with Gasteiger partial charge in [-0.15, -0.1) is 0 Å². The quantitative estimate of drug-likeness (QED) is 0.0202. The summed E-state index contributed by atoms with van der Waals surface area (Å²) in [5.74, 6) is -0.988. The Morgan fingerprint density at radius 2 is 0.897 bits per heavy atom. The smallest absolute Gasteiger partial charge is 0.306 e. The second-order valence-electron chi connectivity index (χ2n) is 14.6. The van der Waals surface area contributed by atoms with Crippen LogP contribution in [0.15, 0.2) is 122 Å². The number of rotatable bonds is 36. The fourth-order valence-corrected chi connectivity index (χ4v) is 5.45. The van der Waals surface area contributed by atoms with Crippen molar-refractivity contribution in [1.29, 1.82) is 0 Å². The minimum atomic E-state index is -4.66. The first-order chi connectivity index (χ1) is 28.0. The highest BCUT2D eigenvalue weighted by molar-refractivity contribution is 7.45. The van der Waals surface area contributed by atoms with Crippen molar-refractivity contribution in [3.05, 3.63) is 122 Å². The number of esters is 2. The van der Waals surface area contributed by atoms with E-state index in [0.717, 1.165) is 64.2 Å². The number of likely N-dealkylation sites (N-methyl/N-ethyl adjacent to an activating group) is 1. The summed E-state index contributed by atoms with van der Waals surface area (Å²) in [6.45, 7) is 3.82. The van der Waals surface area contributed by atoms with E-state index in [9.17, 15) is 19.0 Å². The van der Waals surface area contributed by atoms with Gasteiger partial charge in [0.15, 0.2) is 6.10 Å². The van der Waals surface area contributed by atoms with Crippen molar-refractivity contribution in [2.24, 2.45) is 0 Å². The summed E-state index contributed by atoms with van der Waals surface area (Å²) in [7, 11) is 1.07. The molecule has 0 bridgehead atoms. The van der Waals surface area contributed by atoms with Crippen LogP contribution < -0.4 is 4.89 Å². The maximum Gasteiger partial charge on any atom is 0.306 e. The molecule has 0 amide bonds. The third-order valence-corrected chi connectivity index (χ3v) is 8.94. The SMILES string of the molecule is CC/C=C\C/C=C\C/C=C\C/C=C\C/C=C\CCCC(=O)OCC(COP(=O)([O-])OCC[N+](C)(C)C)OC(=O)CCC/C=C\C/C=C\C/C=C\C/C=C\C/C=C\CC. The van der Waals surface area contributed by atoms with E-state index in [1.54, 1.807) is 0 Å². The molecule has 0 aromatic carbocycles. The van der Waals surface area contributed by atoms with E-state index in [2.05, 4.69) is 123 Å². The van der Waals surface area contributed by atoms with Crippen LogP contribution in [0.1, 0.15) is 117 Å². The number of carbonyl (C=O) groups excluding carboxylic acids is 2. The molecular formula is C48H76NO8P. The molecule has 58 heavy (non-hydrogen) atoms. The lowest BCUT2D eigenvalue weighted by molar-refractivity contribution is -0.870. The van der Waals surface area contributed by atoms with Crippen molar-refractivity contribution in [3.63, 3.8) is 0 Å². The molecule has 0 aromatic rings. The van der Waals surface area contributed by atoms with E-state index in [-0.39, 0.29) is 26.1 Å². The van der Waals surface area contributed by atoms with Crippen LogP contribution in [0, 0.1) is 0 Å². The van der Waals surface area contributed by atoms with Gasteiger partial charge in [-0.1, -0.05) is 135 Å². The topological polar surface area (TPSA) is 111 Å². The van der Waals surface area contributed by atoms with Gasteiger partial charge in [0.25, 0.3) is 7.82 Å². The zero-order valence-corrected chi connectivity index (χ0v) is 37.3. The molecule has 0 saturated heterocycles. The molecule has 0 saturated carbocycles. The van der Waals surface area contributed by atoms with E-state index >= 15 is 0 Å². The first kappa shape index (κ1) is 54.4. The Labute approximate surface area is 352 Å². The number of phosphoric ester groups is 1. The van der Waals surface area contributed by atoms with Crippen molar-refractivity contribution in [3.8, 4) is 0 Å². The Hall–Kier alpha value is -3.59. The van der Waals surface area contributed by atoms with Crippen LogP contribution in [0.5, 0.6) is 0 Å². The molecule has 0 aromatic heterocycles. The maximum absolute atomic E-state index is 12.6. The summed E-state index contributed by atoms with van der Waals surface area (Å²) in [6.07, 6.45) is 53.9. The van der Waals surface area contributed by atoms with Gasteiger partial charge in [-0.3, -0.25) is 14.2 Å². The standard InChI is InChI=1S/C48H76NO8P/c1-6-8-10-12-14-16-18-20-22-24-26-28-30-32-34-36-38-40-47(50)54-44-46(45-56-58(52,53)55-43-42-49(3,4)5)57-48(51)41-39-37-35-33-31-29-27-25-23-21-19-17-15-13-11-9-7-2/h8-11,14-17,20-23,26-29,32-35,46H,6-7,12-13,18-19,24-25,30-31,36-45H2,1-5H3/b10-8-,11-9-,16-14-,17-15-,22-20-,23-21-,28-26-,29-27-,34-32-,35-33-. The van der Waals surface area contributed by atoms with E-state index in [4.69, 9.17) is 18.5 Å². The Morgan fingerprint density at radius 1 is 0.534 bits per heavy atom. The molecule has 0 fully saturated rings. The second-order valence-corrected chi connectivity index (χ2v) is 16.0. The van der Waals surface area contributed by atoms with Crippen molar-refractivity contribution < 1.29 is 42.1 Å². The third kappa shape index (κ3) is 42.0. The summed E-state index contributed by atoms with van der Waals surface area (Å²) < 4.78 is 33.7. The Kier molecular flexibility index (Phi) is 36.5. The predicted octanol–water partition coefficient (Wildman–Crippen LogP) is 11.5. The maximum atomic E-state index is 12.6. The summed E-state index contributed by atoms with van der Waals surface area (Å²) in [6, 6.07) is 0. The monoisotopic (exact) mass is 826 g/mol. The minimum absolute atomic E-state index is 0.0581. The number of unbranched alkanes of at least 4 members (excludes halogenated alkanes) is 2. The normalized spacial score (nSPS) is 14.8. The highest BCUT2D eigenvalue weighted by Crippen LogP contribution is 2.38.